The van der Waals surface area contributed by atoms with E-state index < -0.39 is 11.9 Å². The van der Waals surface area contributed by atoms with Crippen molar-refractivity contribution in [2.75, 3.05) is 53.5 Å². The van der Waals surface area contributed by atoms with Crippen LogP contribution in [-0.4, -0.2) is 70.3 Å². The third-order valence-electron chi connectivity index (χ3n) is 2.40. The summed E-state index contributed by atoms with van der Waals surface area (Å²) in [5, 5.41) is 0. The van der Waals surface area contributed by atoms with Gasteiger partial charge in [-0.1, -0.05) is 6.58 Å². The molecule has 8 nitrogen and oxygen atoms in total. The molecule has 0 unspecified atom stereocenters. The number of hydrogen-bond donors (Lipinski definition) is 3. The quantitative estimate of drug-likeness (QED) is 0.344. The molecule has 0 aromatic rings. The Kier molecular flexibility index (Phi) is 15.5. The third-order valence-corrected chi connectivity index (χ3v) is 2.40. The van der Waals surface area contributed by atoms with E-state index in [4.69, 9.17) is 17.2 Å². The van der Waals surface area contributed by atoms with Crippen LogP contribution in [0.25, 0.3) is 0 Å². The highest BCUT2D eigenvalue weighted by atomic mass is 16.5. The summed E-state index contributed by atoms with van der Waals surface area (Å²) in [7, 11) is 2.47. The molecule has 21 heavy (non-hydrogen) atoms. The van der Waals surface area contributed by atoms with Crippen LogP contribution in [-0.2, 0) is 19.1 Å². The van der Waals surface area contributed by atoms with Crippen molar-refractivity contribution in [2.45, 2.75) is 6.42 Å². The van der Waals surface area contributed by atoms with Gasteiger partial charge in [0.1, 0.15) is 0 Å². The Bertz CT molecular complexity index is 296. The van der Waals surface area contributed by atoms with Crippen molar-refractivity contribution in [2.24, 2.45) is 17.2 Å². The minimum atomic E-state index is -0.588. The summed E-state index contributed by atoms with van der Waals surface area (Å²) in [6, 6.07) is 0. The second kappa shape index (κ2) is 14.9. The van der Waals surface area contributed by atoms with Crippen LogP contribution in [0, 0.1) is 0 Å². The Morgan fingerprint density at radius 2 is 1.38 bits per heavy atom. The molecule has 0 atom stereocenters. The van der Waals surface area contributed by atoms with Crippen LogP contribution in [0.1, 0.15) is 6.42 Å². The van der Waals surface area contributed by atoms with Crippen molar-refractivity contribution in [3.63, 3.8) is 0 Å². The second-order valence-corrected chi connectivity index (χ2v) is 4.06. The van der Waals surface area contributed by atoms with Crippen LogP contribution >= 0.6 is 0 Å². The normalized spacial score (nSPS) is 9.62. The molecule has 0 aliphatic heterocycles. The fraction of sp³-hybridized carbons (Fsp3) is 0.692. The third kappa shape index (κ3) is 13.3. The molecule has 6 N–H and O–H groups in total. The first kappa shape index (κ1) is 21.8. The van der Waals surface area contributed by atoms with E-state index in [0.29, 0.717) is 19.6 Å². The van der Waals surface area contributed by atoms with Gasteiger partial charge in [0.05, 0.1) is 20.6 Å². The molecule has 0 aromatic heterocycles. The monoisotopic (exact) mass is 304 g/mol. The van der Waals surface area contributed by atoms with E-state index in [1.54, 1.807) is 0 Å². The van der Waals surface area contributed by atoms with Gasteiger partial charge in [-0.3, -0.25) is 9.69 Å². The molecule has 8 heteroatoms. The van der Waals surface area contributed by atoms with Crippen LogP contribution in [0.5, 0.6) is 0 Å². The van der Waals surface area contributed by atoms with Crippen LogP contribution in [0.15, 0.2) is 12.2 Å². The summed E-state index contributed by atoms with van der Waals surface area (Å²) in [6.45, 7) is 8.07. The Hall–Kier alpha value is -1.48. The van der Waals surface area contributed by atoms with Crippen molar-refractivity contribution in [3.05, 3.63) is 12.2 Å². The van der Waals surface area contributed by atoms with Crippen LogP contribution < -0.4 is 17.2 Å². The lowest BCUT2D eigenvalue weighted by molar-refractivity contribution is -0.143. The molecule has 0 bridgehead atoms. The maximum Gasteiger partial charge on any atom is 0.333 e. The molecule has 0 spiro atoms. The highest BCUT2D eigenvalue weighted by molar-refractivity contribution is 5.93. The number of esters is 2. The highest BCUT2D eigenvalue weighted by Gasteiger charge is 2.11. The van der Waals surface area contributed by atoms with Crippen LogP contribution in [0.4, 0.5) is 0 Å². The average Bonchev–Trinajstić information content (AvgIpc) is 2.47. The predicted octanol–water partition coefficient (Wildman–Crippen LogP) is -1.56. The lowest BCUT2D eigenvalue weighted by atomic mass is 10.2. The molecular weight excluding hydrogens is 276 g/mol. The van der Waals surface area contributed by atoms with Gasteiger partial charge in [0.2, 0.25) is 0 Å². The minimum Gasteiger partial charge on any atom is -0.469 e. The minimum absolute atomic E-state index is 0.0966. The van der Waals surface area contributed by atoms with Crippen molar-refractivity contribution in [1.29, 1.82) is 0 Å². The van der Waals surface area contributed by atoms with Crippen molar-refractivity contribution < 1.29 is 19.1 Å². The molecule has 0 aliphatic rings. The number of carbonyl (C=O) groups excluding carboxylic acids is 2. The second-order valence-electron chi connectivity index (χ2n) is 4.06. The number of ether oxygens (including phenoxy) is 2. The summed E-state index contributed by atoms with van der Waals surface area (Å²) in [5.74, 6) is -1.09. The highest BCUT2D eigenvalue weighted by Crippen LogP contribution is 2.00. The van der Waals surface area contributed by atoms with Gasteiger partial charge in [0.15, 0.2) is 0 Å². The van der Waals surface area contributed by atoms with Crippen molar-refractivity contribution >= 4 is 11.9 Å². The first-order chi connectivity index (χ1) is 9.96. The molecule has 0 saturated carbocycles. The Labute approximate surface area is 126 Å². The van der Waals surface area contributed by atoms with Crippen LogP contribution in [0.2, 0.25) is 0 Å². The van der Waals surface area contributed by atoms with Gasteiger partial charge >= 0.3 is 11.9 Å². The molecule has 0 rings (SSSR count). The number of nitrogens with zero attached hydrogens (tertiary/aromatic N) is 1. The molecule has 0 amide bonds. The first-order valence-electron chi connectivity index (χ1n) is 6.62. The van der Waals surface area contributed by atoms with Crippen molar-refractivity contribution in [1.82, 2.24) is 4.90 Å². The zero-order valence-electron chi connectivity index (χ0n) is 13.0. The predicted molar refractivity (Wildman–Crippen MR) is 81.4 cm³/mol. The van der Waals surface area contributed by atoms with E-state index in [1.807, 2.05) is 0 Å². The zero-order valence-corrected chi connectivity index (χ0v) is 13.0. The molecule has 0 aliphatic carbocycles. The van der Waals surface area contributed by atoms with Gasteiger partial charge in [-0.2, -0.15) is 0 Å². The number of carbonyl (C=O) groups is 2. The maximum absolute atomic E-state index is 10.6. The molecule has 0 radical (unpaired) electrons. The Morgan fingerprint density at radius 1 is 0.952 bits per heavy atom. The maximum atomic E-state index is 10.6. The lowest BCUT2D eigenvalue weighted by Gasteiger charge is -2.18. The van der Waals surface area contributed by atoms with Gasteiger partial charge in [0.25, 0.3) is 0 Å². The number of nitrogens with two attached hydrogens (primary N) is 3. The fourth-order valence-electron chi connectivity index (χ4n) is 1.35. The smallest absolute Gasteiger partial charge is 0.333 e. The summed E-state index contributed by atoms with van der Waals surface area (Å²) in [5.41, 5.74) is 16.2. The molecule has 124 valence electrons. The van der Waals surface area contributed by atoms with Crippen LogP contribution in [0.3, 0.4) is 0 Å². The van der Waals surface area contributed by atoms with Gasteiger partial charge in [0, 0.05) is 44.8 Å². The zero-order chi connectivity index (χ0) is 16.7. The lowest BCUT2D eigenvalue weighted by Crippen LogP contribution is -2.37. The van der Waals surface area contributed by atoms with E-state index in [9.17, 15) is 9.59 Å². The summed E-state index contributed by atoms with van der Waals surface area (Å²) < 4.78 is 8.62. The topological polar surface area (TPSA) is 134 Å². The molecular formula is C13H28N4O4. The van der Waals surface area contributed by atoms with E-state index in [0.717, 1.165) is 19.6 Å². The fourth-order valence-corrected chi connectivity index (χ4v) is 1.35. The number of rotatable bonds is 9. The standard InChI is InChI=1S/C7H10O4.C6H18N4/c1-5(7(9)11-3)4-6(8)10-2;7-1-4-10(5-2-8)6-3-9/h1,4H2,2-3H3;1-9H2. The largest absolute Gasteiger partial charge is 0.469 e. The summed E-state index contributed by atoms with van der Waals surface area (Å²) in [6.07, 6.45) is -0.122. The number of hydrogen-bond acceptors (Lipinski definition) is 8. The van der Waals surface area contributed by atoms with Gasteiger partial charge in [-0.25, -0.2) is 4.79 Å². The summed E-state index contributed by atoms with van der Waals surface area (Å²) in [4.78, 5) is 23.4. The molecule has 0 fully saturated rings. The SMILES string of the molecule is C=C(CC(=O)OC)C(=O)OC.NCCN(CCN)CCN. The number of methoxy groups -OCH3 is 2. The van der Waals surface area contributed by atoms with E-state index in [1.165, 1.54) is 14.2 Å². The molecule has 0 aromatic carbocycles. The Balaban J connectivity index is 0. The summed E-state index contributed by atoms with van der Waals surface area (Å²) >= 11 is 0. The van der Waals surface area contributed by atoms with Gasteiger partial charge < -0.3 is 26.7 Å². The Morgan fingerprint density at radius 3 is 1.67 bits per heavy atom. The van der Waals surface area contributed by atoms with Crippen molar-refractivity contribution in [3.8, 4) is 0 Å². The molecule has 0 heterocycles. The average molecular weight is 304 g/mol. The van der Waals surface area contributed by atoms with Gasteiger partial charge in [-0.05, 0) is 0 Å². The van der Waals surface area contributed by atoms with Gasteiger partial charge in [-0.15, -0.1) is 0 Å². The van der Waals surface area contributed by atoms with E-state index in [2.05, 4.69) is 21.0 Å². The van der Waals surface area contributed by atoms with E-state index in [-0.39, 0.29) is 12.0 Å². The van der Waals surface area contributed by atoms with E-state index >= 15 is 0 Å². The molecule has 0 saturated heterocycles. The first-order valence-corrected chi connectivity index (χ1v) is 6.62.